The molecule has 1 N–H and O–H groups in total. The van der Waals surface area contributed by atoms with Crippen LogP contribution in [0.5, 0.6) is 5.75 Å². The Morgan fingerprint density at radius 3 is 3.00 bits per heavy atom. The van der Waals surface area contributed by atoms with E-state index < -0.39 is 0 Å². The summed E-state index contributed by atoms with van der Waals surface area (Å²) in [6.07, 6.45) is 5.38. The molecule has 0 aliphatic carbocycles. The third-order valence-corrected chi connectivity index (χ3v) is 3.17. The van der Waals surface area contributed by atoms with E-state index in [9.17, 15) is 0 Å². The standard InChI is InChI=1S/C14H16ClN3O/c1-4-5-16-14-17-6-7-18(14)12-8-10(2)11(15)9-13(12)19-3/h4,6-9H,1,5H2,2-3H3,(H,16,17). The lowest BCUT2D eigenvalue weighted by Crippen LogP contribution is -2.07. The number of imidazole rings is 1. The van der Waals surface area contributed by atoms with E-state index in [1.54, 1.807) is 19.4 Å². The molecule has 4 nitrogen and oxygen atoms in total. The number of hydrogen-bond donors (Lipinski definition) is 1. The van der Waals surface area contributed by atoms with Gasteiger partial charge in [0, 0.05) is 30.0 Å². The number of aryl methyl sites for hydroxylation is 1. The first kappa shape index (κ1) is 13.5. The van der Waals surface area contributed by atoms with Gasteiger partial charge in [-0.3, -0.25) is 4.57 Å². The zero-order valence-corrected chi connectivity index (χ0v) is 11.7. The zero-order valence-electron chi connectivity index (χ0n) is 11.0. The van der Waals surface area contributed by atoms with Crippen molar-refractivity contribution in [2.24, 2.45) is 0 Å². The normalized spacial score (nSPS) is 10.3. The third-order valence-electron chi connectivity index (χ3n) is 2.76. The molecule has 0 spiro atoms. The summed E-state index contributed by atoms with van der Waals surface area (Å²) in [6, 6.07) is 3.78. The van der Waals surface area contributed by atoms with Crippen molar-refractivity contribution in [1.82, 2.24) is 9.55 Å². The molecule has 19 heavy (non-hydrogen) atoms. The Morgan fingerprint density at radius 2 is 2.32 bits per heavy atom. The smallest absolute Gasteiger partial charge is 0.207 e. The molecule has 0 fully saturated rings. The molecule has 0 atom stereocenters. The summed E-state index contributed by atoms with van der Waals surface area (Å²) in [7, 11) is 1.62. The molecule has 2 aromatic rings. The minimum Gasteiger partial charge on any atom is -0.495 e. The Morgan fingerprint density at radius 1 is 1.53 bits per heavy atom. The number of benzene rings is 1. The van der Waals surface area contributed by atoms with E-state index in [2.05, 4.69) is 16.9 Å². The minimum atomic E-state index is 0.645. The number of halogens is 1. The van der Waals surface area contributed by atoms with Crippen molar-refractivity contribution >= 4 is 17.5 Å². The second-order valence-electron chi connectivity index (χ2n) is 4.06. The van der Waals surface area contributed by atoms with Gasteiger partial charge in [0.2, 0.25) is 5.95 Å². The van der Waals surface area contributed by atoms with Gasteiger partial charge in [-0.1, -0.05) is 17.7 Å². The van der Waals surface area contributed by atoms with E-state index in [1.165, 1.54) is 0 Å². The van der Waals surface area contributed by atoms with E-state index in [0.717, 1.165) is 17.2 Å². The number of nitrogens with one attached hydrogen (secondary N) is 1. The molecule has 0 bridgehead atoms. The maximum absolute atomic E-state index is 6.12. The number of methoxy groups -OCH3 is 1. The van der Waals surface area contributed by atoms with Gasteiger partial charge in [0.25, 0.3) is 0 Å². The SMILES string of the molecule is C=CCNc1nccn1-c1cc(C)c(Cl)cc1OC. The van der Waals surface area contributed by atoms with E-state index in [1.807, 2.05) is 29.8 Å². The topological polar surface area (TPSA) is 39.1 Å². The second kappa shape index (κ2) is 5.80. The van der Waals surface area contributed by atoms with Crippen LogP contribution in [-0.4, -0.2) is 23.2 Å². The summed E-state index contributed by atoms with van der Waals surface area (Å²) in [5.41, 5.74) is 1.88. The van der Waals surface area contributed by atoms with E-state index in [4.69, 9.17) is 16.3 Å². The Kier molecular flexibility index (Phi) is 4.12. The zero-order chi connectivity index (χ0) is 13.8. The minimum absolute atomic E-state index is 0.645. The molecule has 0 saturated carbocycles. The molecular formula is C14H16ClN3O. The quantitative estimate of drug-likeness (QED) is 0.851. The highest BCUT2D eigenvalue weighted by Gasteiger charge is 2.12. The molecule has 100 valence electrons. The van der Waals surface area contributed by atoms with Crippen LogP contribution in [0, 0.1) is 6.92 Å². The Labute approximate surface area is 117 Å². The average Bonchev–Trinajstić information content (AvgIpc) is 2.87. The molecule has 1 heterocycles. The summed E-state index contributed by atoms with van der Waals surface area (Å²) in [4.78, 5) is 4.27. The number of nitrogens with zero attached hydrogens (tertiary/aromatic N) is 2. The summed E-state index contributed by atoms with van der Waals surface area (Å²) in [5.74, 6) is 1.44. The first-order valence-corrected chi connectivity index (χ1v) is 6.27. The Balaban J connectivity index is 2.49. The lowest BCUT2D eigenvalue weighted by molar-refractivity contribution is 0.413. The van der Waals surface area contributed by atoms with Crippen LogP contribution in [0.2, 0.25) is 5.02 Å². The van der Waals surface area contributed by atoms with Crippen LogP contribution in [0.15, 0.2) is 37.2 Å². The largest absolute Gasteiger partial charge is 0.495 e. The van der Waals surface area contributed by atoms with Crippen LogP contribution >= 0.6 is 11.6 Å². The second-order valence-corrected chi connectivity index (χ2v) is 4.47. The number of ether oxygens (including phenoxy) is 1. The van der Waals surface area contributed by atoms with Crippen LogP contribution in [0.25, 0.3) is 5.69 Å². The van der Waals surface area contributed by atoms with Crippen LogP contribution in [-0.2, 0) is 0 Å². The van der Waals surface area contributed by atoms with Crippen LogP contribution in [0.3, 0.4) is 0 Å². The lowest BCUT2D eigenvalue weighted by atomic mass is 10.2. The maximum Gasteiger partial charge on any atom is 0.207 e. The van der Waals surface area contributed by atoms with Gasteiger partial charge < -0.3 is 10.1 Å². The molecule has 5 heteroatoms. The van der Waals surface area contributed by atoms with Gasteiger partial charge >= 0.3 is 0 Å². The summed E-state index contributed by atoms with van der Waals surface area (Å²) < 4.78 is 7.31. The highest BCUT2D eigenvalue weighted by Crippen LogP contribution is 2.31. The fourth-order valence-electron chi connectivity index (χ4n) is 1.79. The Hall–Kier alpha value is -1.94. The molecule has 0 unspecified atom stereocenters. The van der Waals surface area contributed by atoms with Gasteiger partial charge in [-0.25, -0.2) is 4.98 Å². The first-order valence-electron chi connectivity index (χ1n) is 5.90. The monoisotopic (exact) mass is 277 g/mol. The van der Waals surface area contributed by atoms with Crippen LogP contribution in [0.4, 0.5) is 5.95 Å². The van der Waals surface area contributed by atoms with Crippen LogP contribution in [0.1, 0.15) is 5.56 Å². The molecule has 1 aromatic heterocycles. The molecule has 0 radical (unpaired) electrons. The highest BCUT2D eigenvalue weighted by atomic mass is 35.5. The number of anilines is 1. The lowest BCUT2D eigenvalue weighted by Gasteiger charge is -2.14. The predicted molar refractivity (Wildman–Crippen MR) is 78.5 cm³/mol. The predicted octanol–water partition coefficient (Wildman–Crippen LogP) is 3.44. The van der Waals surface area contributed by atoms with E-state index >= 15 is 0 Å². The fourth-order valence-corrected chi connectivity index (χ4v) is 1.95. The van der Waals surface area contributed by atoms with Crippen molar-refractivity contribution in [2.75, 3.05) is 19.0 Å². The van der Waals surface area contributed by atoms with Crippen molar-refractivity contribution < 1.29 is 4.74 Å². The highest BCUT2D eigenvalue weighted by molar-refractivity contribution is 6.31. The average molecular weight is 278 g/mol. The van der Waals surface area contributed by atoms with Gasteiger partial charge in [0.05, 0.1) is 12.8 Å². The number of rotatable bonds is 5. The molecule has 0 aliphatic heterocycles. The van der Waals surface area contributed by atoms with Gasteiger partial charge in [0.1, 0.15) is 5.75 Å². The van der Waals surface area contributed by atoms with Crippen molar-refractivity contribution in [2.45, 2.75) is 6.92 Å². The van der Waals surface area contributed by atoms with E-state index in [0.29, 0.717) is 17.3 Å². The third kappa shape index (κ3) is 2.74. The molecule has 1 aromatic carbocycles. The molecule has 0 aliphatic rings. The van der Waals surface area contributed by atoms with Crippen molar-refractivity contribution in [3.8, 4) is 11.4 Å². The molecule has 2 rings (SSSR count). The Bertz CT molecular complexity index is 592. The van der Waals surface area contributed by atoms with E-state index in [-0.39, 0.29) is 0 Å². The molecular weight excluding hydrogens is 262 g/mol. The van der Waals surface area contributed by atoms with Gasteiger partial charge in [-0.2, -0.15) is 0 Å². The molecule has 0 amide bonds. The summed E-state index contributed by atoms with van der Waals surface area (Å²) >= 11 is 6.12. The van der Waals surface area contributed by atoms with Gasteiger partial charge in [-0.15, -0.1) is 6.58 Å². The van der Waals surface area contributed by atoms with Crippen LogP contribution < -0.4 is 10.1 Å². The van der Waals surface area contributed by atoms with Crippen molar-refractivity contribution in [3.63, 3.8) is 0 Å². The number of hydrogen-bond acceptors (Lipinski definition) is 3. The van der Waals surface area contributed by atoms with Crippen molar-refractivity contribution in [3.05, 3.63) is 47.8 Å². The maximum atomic E-state index is 6.12. The van der Waals surface area contributed by atoms with Crippen molar-refractivity contribution in [1.29, 1.82) is 0 Å². The van der Waals surface area contributed by atoms with Gasteiger partial charge in [-0.05, 0) is 18.6 Å². The summed E-state index contributed by atoms with van der Waals surface area (Å²) in [6.45, 7) is 6.28. The van der Waals surface area contributed by atoms with Gasteiger partial charge in [0.15, 0.2) is 0 Å². The fraction of sp³-hybridized carbons (Fsp3) is 0.214. The number of aromatic nitrogens is 2. The summed E-state index contributed by atoms with van der Waals surface area (Å²) in [5, 5.41) is 3.85. The molecule has 0 saturated heterocycles. The first-order chi connectivity index (χ1) is 9.17.